The molecule has 0 saturated carbocycles. The maximum Gasteiger partial charge on any atom is 0.191 e. The molecule has 5 nitrogen and oxygen atoms in total. The van der Waals surface area contributed by atoms with Crippen molar-refractivity contribution in [2.75, 3.05) is 26.7 Å². The average molecular weight is 354 g/mol. The van der Waals surface area contributed by atoms with Gasteiger partial charge in [-0.3, -0.25) is 14.9 Å². The molecule has 140 valence electrons. The van der Waals surface area contributed by atoms with Crippen molar-refractivity contribution in [1.82, 2.24) is 20.5 Å². The third kappa shape index (κ3) is 4.73. The topological polar surface area (TPSA) is 52.5 Å². The van der Waals surface area contributed by atoms with E-state index >= 15 is 0 Å². The average Bonchev–Trinajstić information content (AvgIpc) is 2.70. The molecule has 0 spiro atoms. The largest absolute Gasteiger partial charge is 0.355 e. The first kappa shape index (κ1) is 18.6. The number of para-hydroxylation sites is 1. The molecule has 2 heterocycles. The molecule has 0 aliphatic carbocycles. The Bertz CT molecular complexity index is 722. The summed E-state index contributed by atoms with van der Waals surface area (Å²) in [5.74, 6) is 0.857. The summed E-state index contributed by atoms with van der Waals surface area (Å²) in [6.07, 6.45) is 7.18. The number of rotatable bonds is 6. The number of aliphatic imine (C=N–C) groups is 1. The Kier molecular flexibility index (Phi) is 6.83. The van der Waals surface area contributed by atoms with Gasteiger partial charge in [-0.05, 0) is 43.5 Å². The highest BCUT2D eigenvalue weighted by molar-refractivity contribution is 5.83. The van der Waals surface area contributed by atoms with E-state index in [1.54, 1.807) is 0 Å². The van der Waals surface area contributed by atoms with Crippen LogP contribution in [0.15, 0.2) is 41.5 Å². The minimum atomic E-state index is 0.740. The number of likely N-dealkylation sites (tertiary alicyclic amines) is 1. The van der Waals surface area contributed by atoms with Gasteiger partial charge in [0.05, 0.1) is 5.52 Å². The lowest BCUT2D eigenvalue weighted by Gasteiger charge is -2.35. The Morgan fingerprint density at radius 1 is 1.23 bits per heavy atom. The molecule has 1 aliphatic rings. The second-order valence-electron chi connectivity index (χ2n) is 6.93. The van der Waals surface area contributed by atoms with Gasteiger partial charge in [-0.25, -0.2) is 0 Å². The first-order valence-corrected chi connectivity index (χ1v) is 9.83. The molecule has 1 aliphatic heterocycles. The summed E-state index contributed by atoms with van der Waals surface area (Å²) >= 11 is 0. The van der Waals surface area contributed by atoms with Crippen LogP contribution in [0.3, 0.4) is 0 Å². The summed E-state index contributed by atoms with van der Waals surface area (Å²) < 4.78 is 0. The molecule has 1 atom stereocenters. The van der Waals surface area contributed by atoms with E-state index in [-0.39, 0.29) is 0 Å². The molecule has 1 fully saturated rings. The van der Waals surface area contributed by atoms with Crippen LogP contribution in [0.4, 0.5) is 0 Å². The van der Waals surface area contributed by atoms with Crippen molar-refractivity contribution in [3.8, 4) is 0 Å². The van der Waals surface area contributed by atoms with Crippen LogP contribution in [-0.4, -0.2) is 48.6 Å². The third-order valence-electron chi connectivity index (χ3n) is 5.32. The highest BCUT2D eigenvalue weighted by Gasteiger charge is 2.19. The molecule has 0 amide bonds. The van der Waals surface area contributed by atoms with Crippen molar-refractivity contribution in [1.29, 1.82) is 0 Å². The van der Waals surface area contributed by atoms with Gasteiger partial charge in [0, 0.05) is 44.3 Å². The Balaban J connectivity index is 1.50. The molecule has 0 radical (unpaired) electrons. The van der Waals surface area contributed by atoms with Crippen molar-refractivity contribution in [2.45, 2.75) is 45.2 Å². The van der Waals surface area contributed by atoms with E-state index in [1.165, 1.54) is 43.2 Å². The van der Waals surface area contributed by atoms with Crippen molar-refractivity contribution in [3.05, 3.63) is 42.1 Å². The molecule has 1 aromatic carbocycles. The lowest BCUT2D eigenvalue weighted by Crippen LogP contribution is -2.45. The lowest BCUT2D eigenvalue weighted by atomic mass is 10.0. The lowest BCUT2D eigenvalue weighted by molar-refractivity contribution is 0.147. The fraction of sp³-hybridized carbons (Fsp3) is 0.524. The maximum absolute atomic E-state index is 4.43. The van der Waals surface area contributed by atoms with Crippen molar-refractivity contribution >= 4 is 16.9 Å². The fourth-order valence-electron chi connectivity index (χ4n) is 3.84. The van der Waals surface area contributed by atoms with Crippen LogP contribution >= 0.6 is 0 Å². The predicted molar refractivity (Wildman–Crippen MR) is 109 cm³/mol. The van der Waals surface area contributed by atoms with E-state index in [9.17, 15) is 0 Å². The van der Waals surface area contributed by atoms with Gasteiger partial charge in [0.2, 0.25) is 0 Å². The molecule has 2 N–H and O–H groups in total. The zero-order valence-electron chi connectivity index (χ0n) is 16.0. The molecule has 26 heavy (non-hydrogen) atoms. The van der Waals surface area contributed by atoms with Gasteiger partial charge in [-0.2, -0.15) is 0 Å². The summed E-state index contributed by atoms with van der Waals surface area (Å²) in [4.78, 5) is 11.4. The van der Waals surface area contributed by atoms with Crippen LogP contribution in [0, 0.1) is 0 Å². The Morgan fingerprint density at radius 3 is 2.96 bits per heavy atom. The Labute approximate surface area is 156 Å². The Hall–Kier alpha value is -2.14. The molecular formula is C21H31N5. The number of pyridine rings is 1. The van der Waals surface area contributed by atoms with Gasteiger partial charge in [-0.1, -0.05) is 31.5 Å². The van der Waals surface area contributed by atoms with Gasteiger partial charge in [0.25, 0.3) is 0 Å². The highest BCUT2D eigenvalue weighted by Crippen LogP contribution is 2.18. The molecule has 1 saturated heterocycles. The normalized spacial score (nSPS) is 18.8. The van der Waals surface area contributed by atoms with E-state index in [0.717, 1.165) is 37.2 Å². The maximum atomic E-state index is 4.43. The fourth-order valence-corrected chi connectivity index (χ4v) is 3.84. The minimum Gasteiger partial charge on any atom is -0.355 e. The predicted octanol–water partition coefficient (Wildman–Crippen LogP) is 3.16. The van der Waals surface area contributed by atoms with Crippen LogP contribution in [0.25, 0.3) is 10.9 Å². The van der Waals surface area contributed by atoms with E-state index in [1.807, 2.05) is 19.3 Å². The summed E-state index contributed by atoms with van der Waals surface area (Å²) in [5.41, 5.74) is 2.27. The van der Waals surface area contributed by atoms with E-state index < -0.39 is 0 Å². The van der Waals surface area contributed by atoms with Crippen LogP contribution in [0.1, 0.15) is 38.2 Å². The van der Waals surface area contributed by atoms with Crippen LogP contribution in [-0.2, 0) is 6.54 Å². The van der Waals surface area contributed by atoms with Crippen molar-refractivity contribution < 1.29 is 0 Å². The molecule has 1 aromatic heterocycles. The minimum absolute atomic E-state index is 0.740. The van der Waals surface area contributed by atoms with E-state index in [0.29, 0.717) is 0 Å². The molecule has 2 aromatic rings. The summed E-state index contributed by atoms with van der Waals surface area (Å²) in [6.45, 7) is 6.28. The van der Waals surface area contributed by atoms with E-state index in [2.05, 4.69) is 56.7 Å². The molecule has 3 rings (SSSR count). The van der Waals surface area contributed by atoms with Crippen LogP contribution in [0.2, 0.25) is 0 Å². The number of piperidine rings is 1. The number of nitrogens with one attached hydrogen (secondary N) is 2. The number of hydrogen-bond donors (Lipinski definition) is 2. The number of fused-ring (bicyclic) bond motifs is 1. The SMILES string of the molecule is CCC1CCCCN1CCNC(=NC)NCc1ccnc2ccccc12. The number of aromatic nitrogens is 1. The zero-order chi connectivity index (χ0) is 18.2. The van der Waals surface area contributed by atoms with E-state index in [4.69, 9.17) is 0 Å². The van der Waals surface area contributed by atoms with Gasteiger partial charge < -0.3 is 10.6 Å². The first-order chi connectivity index (χ1) is 12.8. The van der Waals surface area contributed by atoms with Gasteiger partial charge in [0.1, 0.15) is 0 Å². The summed E-state index contributed by atoms with van der Waals surface area (Å²) in [5, 5.41) is 8.09. The van der Waals surface area contributed by atoms with Crippen molar-refractivity contribution in [3.63, 3.8) is 0 Å². The molecular weight excluding hydrogens is 322 g/mol. The molecule has 1 unspecified atom stereocenters. The second-order valence-corrected chi connectivity index (χ2v) is 6.93. The second kappa shape index (κ2) is 9.53. The summed E-state index contributed by atoms with van der Waals surface area (Å²) in [6, 6.07) is 11.1. The van der Waals surface area contributed by atoms with Crippen molar-refractivity contribution in [2.24, 2.45) is 4.99 Å². The number of nitrogens with zero attached hydrogens (tertiary/aromatic N) is 3. The zero-order valence-corrected chi connectivity index (χ0v) is 16.0. The molecule has 0 bridgehead atoms. The Morgan fingerprint density at radius 2 is 2.12 bits per heavy atom. The number of hydrogen-bond acceptors (Lipinski definition) is 3. The van der Waals surface area contributed by atoms with Gasteiger partial charge >= 0.3 is 0 Å². The third-order valence-corrected chi connectivity index (χ3v) is 5.32. The van der Waals surface area contributed by atoms with Crippen LogP contribution in [0.5, 0.6) is 0 Å². The van der Waals surface area contributed by atoms with Gasteiger partial charge in [-0.15, -0.1) is 0 Å². The van der Waals surface area contributed by atoms with Gasteiger partial charge in [0.15, 0.2) is 5.96 Å². The number of benzene rings is 1. The standard InChI is InChI=1S/C21H31N5/c1-3-18-8-6-7-14-26(18)15-13-24-21(22-2)25-16-17-11-12-23-20-10-5-4-9-19(17)20/h4-5,9-12,18H,3,6-8,13-16H2,1-2H3,(H2,22,24,25). The quantitative estimate of drug-likeness (QED) is 0.619. The summed E-state index contributed by atoms with van der Waals surface area (Å²) in [7, 11) is 1.83. The van der Waals surface area contributed by atoms with Crippen LogP contribution < -0.4 is 10.6 Å². The first-order valence-electron chi connectivity index (χ1n) is 9.83. The number of guanidine groups is 1. The smallest absolute Gasteiger partial charge is 0.191 e. The monoisotopic (exact) mass is 353 g/mol. The highest BCUT2D eigenvalue weighted by atomic mass is 15.2. The molecule has 5 heteroatoms.